The van der Waals surface area contributed by atoms with Crippen LogP contribution in [0.5, 0.6) is 0 Å². The van der Waals surface area contributed by atoms with Gasteiger partial charge < -0.3 is 15.7 Å². The summed E-state index contributed by atoms with van der Waals surface area (Å²) in [5, 5.41) is 9.74. The summed E-state index contributed by atoms with van der Waals surface area (Å²) in [7, 11) is 1.99. The van der Waals surface area contributed by atoms with E-state index in [1.54, 1.807) is 0 Å². The molecular weight excluding hydrogens is 224 g/mol. The Morgan fingerprint density at radius 3 is 2.22 bits per heavy atom. The van der Waals surface area contributed by atoms with Crippen LogP contribution in [0.15, 0.2) is 24.3 Å². The molecule has 0 heterocycles. The SMILES string of the molecule is CN(CC(O)CCN)c1ccc(C(C)(C)C)cc1. The van der Waals surface area contributed by atoms with Crippen molar-refractivity contribution >= 4 is 5.69 Å². The van der Waals surface area contributed by atoms with Gasteiger partial charge in [-0.25, -0.2) is 0 Å². The van der Waals surface area contributed by atoms with Crippen molar-refractivity contribution in [3.63, 3.8) is 0 Å². The molecule has 0 saturated heterocycles. The van der Waals surface area contributed by atoms with E-state index in [0.29, 0.717) is 19.5 Å². The van der Waals surface area contributed by atoms with Gasteiger partial charge in [-0.1, -0.05) is 32.9 Å². The number of benzene rings is 1. The molecule has 0 spiro atoms. The van der Waals surface area contributed by atoms with E-state index >= 15 is 0 Å². The van der Waals surface area contributed by atoms with Gasteiger partial charge in [-0.05, 0) is 36.1 Å². The van der Waals surface area contributed by atoms with Gasteiger partial charge in [0.25, 0.3) is 0 Å². The molecule has 0 saturated carbocycles. The summed E-state index contributed by atoms with van der Waals surface area (Å²) in [6.07, 6.45) is 0.284. The molecule has 0 aromatic heterocycles. The minimum Gasteiger partial charge on any atom is -0.391 e. The summed E-state index contributed by atoms with van der Waals surface area (Å²) < 4.78 is 0. The van der Waals surface area contributed by atoms with Crippen molar-refractivity contribution in [3.05, 3.63) is 29.8 Å². The van der Waals surface area contributed by atoms with Crippen molar-refractivity contribution in [2.45, 2.75) is 38.7 Å². The molecule has 0 aliphatic rings. The molecule has 3 N–H and O–H groups in total. The maximum Gasteiger partial charge on any atom is 0.0726 e. The highest BCUT2D eigenvalue weighted by atomic mass is 16.3. The summed E-state index contributed by atoms with van der Waals surface area (Å²) >= 11 is 0. The summed E-state index contributed by atoms with van der Waals surface area (Å²) in [5.41, 5.74) is 8.06. The van der Waals surface area contributed by atoms with E-state index in [0.717, 1.165) is 5.69 Å². The van der Waals surface area contributed by atoms with Crippen molar-refractivity contribution < 1.29 is 5.11 Å². The zero-order valence-corrected chi connectivity index (χ0v) is 12.0. The third kappa shape index (κ3) is 4.31. The fraction of sp³-hybridized carbons (Fsp3) is 0.600. The Balaban J connectivity index is 2.67. The molecule has 1 aromatic carbocycles. The first-order chi connectivity index (χ1) is 8.34. The minimum absolute atomic E-state index is 0.177. The zero-order valence-electron chi connectivity index (χ0n) is 12.0. The van der Waals surface area contributed by atoms with Crippen molar-refractivity contribution in [3.8, 4) is 0 Å². The first kappa shape index (κ1) is 15.0. The lowest BCUT2D eigenvalue weighted by molar-refractivity contribution is 0.174. The molecule has 0 aliphatic carbocycles. The quantitative estimate of drug-likeness (QED) is 0.841. The lowest BCUT2D eigenvalue weighted by Crippen LogP contribution is -2.30. The third-order valence-corrected chi connectivity index (χ3v) is 3.16. The molecule has 0 radical (unpaired) electrons. The van der Waals surface area contributed by atoms with Crippen molar-refractivity contribution in [1.29, 1.82) is 0 Å². The second kappa shape index (κ2) is 6.21. The number of aliphatic hydroxyl groups is 1. The van der Waals surface area contributed by atoms with Crippen LogP contribution in [0.2, 0.25) is 0 Å². The maximum absolute atomic E-state index is 9.74. The first-order valence-electron chi connectivity index (χ1n) is 6.54. The van der Waals surface area contributed by atoms with E-state index < -0.39 is 0 Å². The Hall–Kier alpha value is -1.06. The average molecular weight is 250 g/mol. The highest BCUT2D eigenvalue weighted by Crippen LogP contribution is 2.24. The van der Waals surface area contributed by atoms with E-state index in [2.05, 4.69) is 49.9 Å². The van der Waals surface area contributed by atoms with Crippen LogP contribution in [0.1, 0.15) is 32.8 Å². The van der Waals surface area contributed by atoms with Gasteiger partial charge >= 0.3 is 0 Å². The van der Waals surface area contributed by atoms with Crippen LogP contribution >= 0.6 is 0 Å². The fourth-order valence-corrected chi connectivity index (χ4v) is 1.92. The Morgan fingerprint density at radius 2 is 1.78 bits per heavy atom. The Kier molecular flexibility index (Phi) is 5.17. The second-order valence-electron chi connectivity index (χ2n) is 5.91. The van der Waals surface area contributed by atoms with Crippen LogP contribution in [0.3, 0.4) is 0 Å². The molecule has 3 heteroatoms. The number of hydrogen-bond acceptors (Lipinski definition) is 3. The topological polar surface area (TPSA) is 49.5 Å². The molecule has 102 valence electrons. The summed E-state index contributed by atoms with van der Waals surface area (Å²) in [6, 6.07) is 8.52. The molecule has 3 nitrogen and oxygen atoms in total. The molecule has 1 rings (SSSR count). The molecule has 0 fully saturated rings. The second-order valence-corrected chi connectivity index (χ2v) is 5.91. The molecule has 0 bridgehead atoms. The van der Waals surface area contributed by atoms with Crippen LogP contribution in [-0.4, -0.2) is 31.3 Å². The van der Waals surface area contributed by atoms with Crippen LogP contribution < -0.4 is 10.6 Å². The summed E-state index contributed by atoms with van der Waals surface area (Å²) in [6.45, 7) is 7.76. The molecule has 0 aliphatic heterocycles. The van der Waals surface area contributed by atoms with Crippen LogP contribution in [0, 0.1) is 0 Å². The van der Waals surface area contributed by atoms with E-state index in [-0.39, 0.29) is 11.5 Å². The van der Waals surface area contributed by atoms with Gasteiger partial charge in [-0.3, -0.25) is 0 Å². The van der Waals surface area contributed by atoms with Gasteiger partial charge in [0.1, 0.15) is 0 Å². The van der Waals surface area contributed by atoms with Crippen LogP contribution in [0.25, 0.3) is 0 Å². The first-order valence-corrected chi connectivity index (χ1v) is 6.54. The maximum atomic E-state index is 9.74. The predicted molar refractivity (Wildman–Crippen MR) is 78.1 cm³/mol. The molecule has 1 atom stereocenters. The summed E-state index contributed by atoms with van der Waals surface area (Å²) in [5.74, 6) is 0. The number of hydrogen-bond donors (Lipinski definition) is 2. The Morgan fingerprint density at radius 1 is 1.22 bits per heavy atom. The number of rotatable bonds is 5. The van der Waals surface area contributed by atoms with E-state index in [4.69, 9.17) is 5.73 Å². The van der Waals surface area contributed by atoms with Crippen molar-refractivity contribution in [2.75, 3.05) is 25.0 Å². The summed E-state index contributed by atoms with van der Waals surface area (Å²) in [4.78, 5) is 2.06. The van der Waals surface area contributed by atoms with Crippen LogP contribution in [-0.2, 0) is 5.41 Å². The minimum atomic E-state index is -0.359. The van der Waals surface area contributed by atoms with E-state index in [9.17, 15) is 5.11 Å². The standard InChI is InChI=1S/C15H26N2O/c1-15(2,3)12-5-7-13(8-6-12)17(4)11-14(18)9-10-16/h5-8,14,18H,9-11,16H2,1-4H3. The number of nitrogens with two attached hydrogens (primary N) is 1. The van der Waals surface area contributed by atoms with Gasteiger partial charge in [0.2, 0.25) is 0 Å². The van der Waals surface area contributed by atoms with E-state index in [1.165, 1.54) is 5.56 Å². The molecular formula is C15H26N2O. The fourth-order valence-electron chi connectivity index (χ4n) is 1.92. The van der Waals surface area contributed by atoms with Gasteiger partial charge in [0.15, 0.2) is 0 Å². The average Bonchev–Trinajstić information content (AvgIpc) is 2.28. The number of aliphatic hydroxyl groups excluding tert-OH is 1. The number of anilines is 1. The Bertz CT molecular complexity index is 354. The molecule has 1 aromatic rings. The number of nitrogens with zero attached hydrogens (tertiary/aromatic N) is 1. The largest absolute Gasteiger partial charge is 0.391 e. The monoisotopic (exact) mass is 250 g/mol. The number of likely N-dealkylation sites (N-methyl/N-ethyl adjacent to an activating group) is 1. The Labute approximate surface area is 111 Å². The van der Waals surface area contributed by atoms with Gasteiger partial charge in [-0.2, -0.15) is 0 Å². The van der Waals surface area contributed by atoms with Gasteiger partial charge in [0, 0.05) is 19.3 Å². The predicted octanol–water partition coefficient (Wildman–Crippen LogP) is 2.13. The van der Waals surface area contributed by atoms with Gasteiger partial charge in [0.05, 0.1) is 6.10 Å². The van der Waals surface area contributed by atoms with Crippen LogP contribution in [0.4, 0.5) is 5.69 Å². The normalized spacial score (nSPS) is 13.4. The highest BCUT2D eigenvalue weighted by molar-refractivity contribution is 5.47. The van der Waals surface area contributed by atoms with Crippen molar-refractivity contribution in [1.82, 2.24) is 0 Å². The highest BCUT2D eigenvalue weighted by Gasteiger charge is 2.14. The lowest BCUT2D eigenvalue weighted by atomic mass is 9.87. The van der Waals surface area contributed by atoms with Crippen molar-refractivity contribution in [2.24, 2.45) is 5.73 Å². The lowest BCUT2D eigenvalue weighted by Gasteiger charge is -2.24. The zero-order chi connectivity index (χ0) is 13.8. The molecule has 0 amide bonds. The van der Waals surface area contributed by atoms with Gasteiger partial charge in [-0.15, -0.1) is 0 Å². The smallest absolute Gasteiger partial charge is 0.0726 e. The molecule has 18 heavy (non-hydrogen) atoms. The third-order valence-electron chi connectivity index (χ3n) is 3.16. The molecule has 1 unspecified atom stereocenters. The van der Waals surface area contributed by atoms with E-state index in [1.807, 2.05) is 7.05 Å².